The maximum absolute atomic E-state index is 13.2. The maximum Gasteiger partial charge on any atom is 0.261 e. The molecule has 0 spiro atoms. The van der Waals surface area contributed by atoms with Crippen LogP contribution in [0.3, 0.4) is 0 Å². The van der Waals surface area contributed by atoms with Gasteiger partial charge < -0.3 is 10.5 Å². The Labute approximate surface area is 236 Å². The molecule has 4 atom stereocenters. The number of nitrogens with one attached hydrogen (secondary N) is 2. The van der Waals surface area contributed by atoms with Crippen molar-refractivity contribution in [2.45, 2.75) is 78.3 Å². The van der Waals surface area contributed by atoms with Gasteiger partial charge in [0.1, 0.15) is 12.1 Å². The molecule has 2 aromatic carbocycles. The summed E-state index contributed by atoms with van der Waals surface area (Å²) >= 11 is 0. The Morgan fingerprint density at radius 3 is 2.65 bits per heavy atom. The lowest BCUT2D eigenvalue weighted by Gasteiger charge is -2.45. The minimum absolute atomic E-state index is 0.0363. The fourth-order valence-electron chi connectivity index (χ4n) is 6.31. The average molecular weight is 551 g/mol. The van der Waals surface area contributed by atoms with Crippen LogP contribution in [-0.4, -0.2) is 62.7 Å². The van der Waals surface area contributed by atoms with Crippen molar-refractivity contribution < 1.29 is 9.60 Å². The summed E-state index contributed by atoms with van der Waals surface area (Å²) in [6.07, 6.45) is 5.61. The average Bonchev–Trinajstić information content (AvgIpc) is 2.91. The number of benzene rings is 2. The van der Waals surface area contributed by atoms with Gasteiger partial charge in [-0.3, -0.25) is 19.6 Å². The molecule has 3 aromatic rings. The zero-order valence-electron chi connectivity index (χ0n) is 24.1. The van der Waals surface area contributed by atoms with E-state index in [0.717, 1.165) is 30.8 Å². The molecule has 1 saturated heterocycles. The van der Waals surface area contributed by atoms with E-state index < -0.39 is 0 Å². The summed E-state index contributed by atoms with van der Waals surface area (Å²) in [5, 5.41) is 19.8. The van der Waals surface area contributed by atoms with Crippen molar-refractivity contribution in [3.05, 3.63) is 70.5 Å². The van der Waals surface area contributed by atoms with E-state index in [1.807, 2.05) is 25.1 Å². The third-order valence-electron chi connectivity index (χ3n) is 8.74. The SMILES string of the molecule is C[C@H]1CC(C)(C)CCC1NC(Nc1ccc2c(=O)n(CCc3ccc(F)cc3)cnc2c1)N1CCN(O)[C@@H](C)C1. The van der Waals surface area contributed by atoms with Gasteiger partial charge in [0.2, 0.25) is 0 Å². The van der Waals surface area contributed by atoms with Gasteiger partial charge in [0, 0.05) is 44.0 Å². The van der Waals surface area contributed by atoms with Gasteiger partial charge in [-0.1, -0.05) is 32.9 Å². The molecule has 0 radical (unpaired) electrons. The number of aromatic nitrogens is 2. The molecule has 1 saturated carbocycles. The van der Waals surface area contributed by atoms with Gasteiger partial charge in [0.25, 0.3) is 5.56 Å². The Morgan fingerprint density at radius 2 is 1.93 bits per heavy atom. The number of piperazine rings is 1. The smallest absolute Gasteiger partial charge is 0.261 e. The van der Waals surface area contributed by atoms with Crippen LogP contribution < -0.4 is 16.2 Å². The molecule has 8 nitrogen and oxygen atoms in total. The van der Waals surface area contributed by atoms with Crippen LogP contribution in [0.1, 0.15) is 52.5 Å². The van der Waals surface area contributed by atoms with Gasteiger partial charge in [-0.25, -0.2) is 9.37 Å². The standard InChI is InChI=1S/C31H43FN6O2/c1-21-18-31(3,4)13-11-27(21)35-30(36-15-16-38(40)22(2)19-36)34-25-9-10-26-28(17-25)33-20-37(29(26)39)14-12-23-5-7-24(32)8-6-23/h5-10,17,20-22,27,30,34-35,40H,11-16,18-19H2,1-4H3/t21-,22-,27?,30?/m0/s1. The van der Waals surface area contributed by atoms with Crippen molar-refractivity contribution in [3.63, 3.8) is 0 Å². The van der Waals surface area contributed by atoms with Crippen molar-refractivity contribution in [1.29, 1.82) is 0 Å². The van der Waals surface area contributed by atoms with E-state index in [2.05, 4.69) is 41.3 Å². The zero-order chi connectivity index (χ0) is 28.4. The van der Waals surface area contributed by atoms with Crippen LogP contribution >= 0.6 is 0 Å². The molecule has 1 aromatic heterocycles. The predicted octanol–water partition coefficient (Wildman–Crippen LogP) is 4.67. The molecule has 0 bridgehead atoms. The molecule has 1 aliphatic carbocycles. The highest BCUT2D eigenvalue weighted by atomic mass is 19.1. The van der Waals surface area contributed by atoms with E-state index in [9.17, 15) is 14.4 Å². The highest BCUT2D eigenvalue weighted by Gasteiger charge is 2.35. The number of hydroxylamine groups is 2. The maximum atomic E-state index is 13.2. The lowest BCUT2D eigenvalue weighted by molar-refractivity contribution is -0.155. The molecule has 3 N–H and O–H groups in total. The number of hydrogen-bond donors (Lipinski definition) is 3. The molecule has 40 heavy (non-hydrogen) atoms. The Hall–Kier alpha value is -2.85. The Balaban J connectivity index is 1.33. The largest absolute Gasteiger partial charge is 0.357 e. The number of aryl methyl sites for hydroxylation is 2. The lowest BCUT2D eigenvalue weighted by atomic mass is 9.70. The summed E-state index contributed by atoms with van der Waals surface area (Å²) in [6.45, 7) is 11.6. The Kier molecular flexibility index (Phi) is 8.56. The quantitative estimate of drug-likeness (QED) is 0.352. The predicted molar refractivity (Wildman–Crippen MR) is 157 cm³/mol. The van der Waals surface area contributed by atoms with Crippen LogP contribution in [0.4, 0.5) is 10.1 Å². The fourth-order valence-corrected chi connectivity index (χ4v) is 6.31. The third-order valence-corrected chi connectivity index (χ3v) is 8.74. The van der Waals surface area contributed by atoms with Gasteiger partial charge >= 0.3 is 0 Å². The minimum atomic E-state index is -0.266. The van der Waals surface area contributed by atoms with Crippen LogP contribution in [0.2, 0.25) is 0 Å². The molecular formula is C31H43FN6O2. The Bertz CT molecular complexity index is 1360. The van der Waals surface area contributed by atoms with E-state index in [-0.39, 0.29) is 23.7 Å². The molecule has 0 amide bonds. The van der Waals surface area contributed by atoms with Gasteiger partial charge in [-0.2, -0.15) is 5.06 Å². The summed E-state index contributed by atoms with van der Waals surface area (Å²) in [7, 11) is 0. The highest BCUT2D eigenvalue weighted by Crippen LogP contribution is 2.38. The molecule has 2 heterocycles. The molecule has 216 valence electrons. The normalized spacial score (nSPS) is 24.7. The van der Waals surface area contributed by atoms with Crippen LogP contribution in [0.5, 0.6) is 0 Å². The number of anilines is 1. The molecule has 2 aliphatic rings. The van der Waals surface area contributed by atoms with Crippen LogP contribution in [0, 0.1) is 17.2 Å². The molecule has 2 unspecified atom stereocenters. The van der Waals surface area contributed by atoms with E-state index in [1.54, 1.807) is 23.0 Å². The third kappa shape index (κ3) is 6.71. The molecule has 5 rings (SSSR count). The first kappa shape index (κ1) is 28.7. The first-order valence-corrected chi connectivity index (χ1v) is 14.5. The summed E-state index contributed by atoms with van der Waals surface area (Å²) in [6, 6.07) is 12.5. The number of hydrogen-bond acceptors (Lipinski definition) is 7. The van der Waals surface area contributed by atoms with E-state index in [1.165, 1.54) is 30.0 Å². The second-order valence-electron chi connectivity index (χ2n) is 12.6. The fraction of sp³-hybridized carbons (Fsp3) is 0.548. The number of nitrogens with zero attached hydrogens (tertiary/aromatic N) is 4. The van der Waals surface area contributed by atoms with E-state index >= 15 is 0 Å². The summed E-state index contributed by atoms with van der Waals surface area (Å²) in [5.41, 5.74) is 2.79. The highest BCUT2D eigenvalue weighted by molar-refractivity contribution is 5.81. The lowest BCUT2D eigenvalue weighted by Crippen LogP contribution is -2.62. The number of halogens is 1. The van der Waals surface area contributed by atoms with Crippen molar-refractivity contribution in [1.82, 2.24) is 24.8 Å². The van der Waals surface area contributed by atoms with Crippen molar-refractivity contribution in [2.24, 2.45) is 11.3 Å². The summed E-state index contributed by atoms with van der Waals surface area (Å²) < 4.78 is 14.8. The van der Waals surface area contributed by atoms with Crippen molar-refractivity contribution >= 4 is 16.6 Å². The second kappa shape index (κ2) is 11.9. The zero-order valence-corrected chi connectivity index (χ0v) is 24.1. The van der Waals surface area contributed by atoms with E-state index in [4.69, 9.17) is 0 Å². The monoisotopic (exact) mass is 550 g/mol. The second-order valence-corrected chi connectivity index (χ2v) is 12.6. The van der Waals surface area contributed by atoms with Gasteiger partial charge in [0.15, 0.2) is 0 Å². The summed E-state index contributed by atoms with van der Waals surface area (Å²) in [5.74, 6) is 0.286. The van der Waals surface area contributed by atoms with Gasteiger partial charge in [-0.15, -0.1) is 0 Å². The molecule has 9 heteroatoms. The topological polar surface area (TPSA) is 85.7 Å². The number of fused-ring (bicyclic) bond motifs is 1. The Morgan fingerprint density at radius 1 is 1.15 bits per heavy atom. The first-order valence-electron chi connectivity index (χ1n) is 14.5. The van der Waals surface area contributed by atoms with E-state index in [0.29, 0.717) is 47.8 Å². The molecule has 2 fully saturated rings. The van der Waals surface area contributed by atoms with Crippen LogP contribution in [0.25, 0.3) is 10.9 Å². The van der Waals surface area contributed by atoms with Crippen LogP contribution in [-0.2, 0) is 13.0 Å². The van der Waals surface area contributed by atoms with Crippen molar-refractivity contribution in [3.8, 4) is 0 Å². The number of rotatable bonds is 8. The van der Waals surface area contributed by atoms with Gasteiger partial charge in [-0.05, 0) is 79.8 Å². The minimum Gasteiger partial charge on any atom is -0.357 e. The van der Waals surface area contributed by atoms with Crippen LogP contribution in [0.15, 0.2) is 53.6 Å². The first-order chi connectivity index (χ1) is 19.1. The molecular weight excluding hydrogens is 507 g/mol. The van der Waals surface area contributed by atoms with Crippen molar-refractivity contribution in [2.75, 3.05) is 25.0 Å². The summed E-state index contributed by atoms with van der Waals surface area (Å²) in [4.78, 5) is 20.2. The van der Waals surface area contributed by atoms with Gasteiger partial charge in [0.05, 0.1) is 17.2 Å². The molecule has 1 aliphatic heterocycles.